The van der Waals surface area contributed by atoms with Crippen molar-refractivity contribution >= 4 is 27.3 Å². The Labute approximate surface area is 147 Å². The zero-order chi connectivity index (χ0) is 17.2. The number of oxime groups is 1. The Morgan fingerprint density at radius 2 is 2.12 bits per heavy atom. The van der Waals surface area contributed by atoms with Crippen molar-refractivity contribution in [2.45, 2.75) is 31.4 Å². The molecule has 0 aliphatic carbocycles. The zero-order valence-corrected chi connectivity index (χ0v) is 15.2. The highest BCUT2D eigenvalue weighted by Gasteiger charge is 2.28. The maximum Gasteiger partial charge on any atom is 0.208 e. The van der Waals surface area contributed by atoms with E-state index in [0.29, 0.717) is 11.6 Å². The standard InChI is InChI=1S/C16H22ClN3O3S/c1-24(21,22)19-14-3-2-8-20(10-14)11-15-9-16(18-23-15)12-4-6-13(17)7-5-12/h4-7,14-15,19H,2-3,8-11H2,1H3/t14-,15-/m1/s1. The largest absolute Gasteiger partial charge is 0.390 e. The summed E-state index contributed by atoms with van der Waals surface area (Å²) in [5.74, 6) is 0. The summed E-state index contributed by atoms with van der Waals surface area (Å²) < 4.78 is 25.5. The molecular formula is C16H22ClN3O3S. The molecule has 1 fully saturated rings. The number of benzene rings is 1. The van der Waals surface area contributed by atoms with Gasteiger partial charge in [0.2, 0.25) is 10.0 Å². The summed E-state index contributed by atoms with van der Waals surface area (Å²) in [4.78, 5) is 7.81. The molecule has 0 saturated carbocycles. The molecule has 24 heavy (non-hydrogen) atoms. The molecule has 1 aromatic carbocycles. The number of rotatable bonds is 5. The highest BCUT2D eigenvalue weighted by Crippen LogP contribution is 2.20. The van der Waals surface area contributed by atoms with Crippen LogP contribution in [0.5, 0.6) is 0 Å². The molecule has 2 aliphatic heterocycles. The van der Waals surface area contributed by atoms with Gasteiger partial charge in [-0.25, -0.2) is 13.1 Å². The van der Waals surface area contributed by atoms with E-state index < -0.39 is 10.0 Å². The van der Waals surface area contributed by atoms with Crippen molar-refractivity contribution in [3.63, 3.8) is 0 Å². The lowest BCUT2D eigenvalue weighted by molar-refractivity contribution is 0.0441. The van der Waals surface area contributed by atoms with Crippen molar-refractivity contribution in [2.75, 3.05) is 25.9 Å². The summed E-state index contributed by atoms with van der Waals surface area (Å²) in [5.41, 5.74) is 1.96. The number of nitrogens with one attached hydrogen (secondary N) is 1. The number of hydrogen-bond acceptors (Lipinski definition) is 5. The molecule has 1 N–H and O–H groups in total. The molecule has 1 aromatic rings. The van der Waals surface area contributed by atoms with E-state index in [4.69, 9.17) is 16.4 Å². The summed E-state index contributed by atoms with van der Waals surface area (Å²) in [7, 11) is -3.16. The first-order valence-corrected chi connectivity index (χ1v) is 10.3. The van der Waals surface area contributed by atoms with Crippen LogP contribution in [0.2, 0.25) is 5.02 Å². The molecule has 3 rings (SSSR count). The number of halogens is 1. The minimum absolute atomic E-state index is 0.00709. The SMILES string of the molecule is CS(=O)(=O)N[C@@H]1CCCN(C[C@H]2CC(c3ccc(Cl)cc3)=NO2)C1. The fraction of sp³-hybridized carbons (Fsp3) is 0.562. The summed E-state index contributed by atoms with van der Waals surface area (Å²) >= 11 is 5.91. The predicted molar refractivity (Wildman–Crippen MR) is 94.9 cm³/mol. The van der Waals surface area contributed by atoms with Crippen LogP contribution in [0.15, 0.2) is 29.4 Å². The van der Waals surface area contributed by atoms with Crippen LogP contribution in [0, 0.1) is 0 Å². The van der Waals surface area contributed by atoms with Gasteiger partial charge in [0, 0.05) is 30.6 Å². The van der Waals surface area contributed by atoms with E-state index in [0.717, 1.165) is 43.6 Å². The van der Waals surface area contributed by atoms with E-state index in [9.17, 15) is 8.42 Å². The highest BCUT2D eigenvalue weighted by molar-refractivity contribution is 7.88. The molecule has 8 heteroatoms. The molecule has 132 valence electrons. The normalized spacial score (nSPS) is 25.3. The molecule has 0 spiro atoms. The van der Waals surface area contributed by atoms with E-state index in [1.807, 2.05) is 24.3 Å². The average molecular weight is 372 g/mol. The molecule has 2 atom stereocenters. The minimum Gasteiger partial charge on any atom is -0.390 e. The second-order valence-electron chi connectivity index (χ2n) is 6.47. The van der Waals surface area contributed by atoms with Crippen LogP contribution >= 0.6 is 11.6 Å². The summed E-state index contributed by atoms with van der Waals surface area (Å²) in [5, 5.41) is 4.90. The van der Waals surface area contributed by atoms with Gasteiger partial charge in [-0.05, 0) is 37.1 Å². The third-order valence-corrected chi connectivity index (χ3v) is 5.27. The van der Waals surface area contributed by atoms with Crippen LogP contribution in [-0.4, -0.2) is 57.1 Å². The molecule has 0 aromatic heterocycles. The van der Waals surface area contributed by atoms with Crippen LogP contribution in [0.25, 0.3) is 0 Å². The molecule has 2 heterocycles. The zero-order valence-electron chi connectivity index (χ0n) is 13.6. The van der Waals surface area contributed by atoms with Crippen molar-refractivity contribution in [3.8, 4) is 0 Å². The Balaban J connectivity index is 1.52. The van der Waals surface area contributed by atoms with E-state index in [1.165, 1.54) is 6.26 Å². The third kappa shape index (κ3) is 4.92. The quantitative estimate of drug-likeness (QED) is 0.857. The summed E-state index contributed by atoms with van der Waals surface area (Å²) in [6.45, 7) is 2.42. The first kappa shape index (κ1) is 17.7. The molecule has 6 nitrogen and oxygen atoms in total. The fourth-order valence-corrected chi connectivity index (χ4v) is 4.17. The Kier molecular flexibility index (Phi) is 5.44. The van der Waals surface area contributed by atoms with Gasteiger partial charge < -0.3 is 4.84 Å². The first-order valence-electron chi connectivity index (χ1n) is 8.07. The highest BCUT2D eigenvalue weighted by atomic mass is 35.5. The lowest BCUT2D eigenvalue weighted by Gasteiger charge is -2.33. The molecule has 2 aliphatic rings. The second kappa shape index (κ2) is 7.39. The van der Waals surface area contributed by atoms with E-state index >= 15 is 0 Å². The summed E-state index contributed by atoms with van der Waals surface area (Å²) in [6, 6.07) is 7.56. The van der Waals surface area contributed by atoms with Crippen molar-refractivity contribution in [2.24, 2.45) is 5.16 Å². The molecule has 0 amide bonds. The van der Waals surface area contributed by atoms with E-state index in [1.54, 1.807) is 0 Å². The van der Waals surface area contributed by atoms with Crippen molar-refractivity contribution in [1.29, 1.82) is 0 Å². The van der Waals surface area contributed by atoms with Gasteiger partial charge in [-0.15, -0.1) is 0 Å². The van der Waals surface area contributed by atoms with Gasteiger partial charge in [0.15, 0.2) is 0 Å². The lowest BCUT2D eigenvalue weighted by atomic mass is 10.0. The Hall–Kier alpha value is -1.15. The molecular weight excluding hydrogens is 350 g/mol. The van der Waals surface area contributed by atoms with Crippen LogP contribution in [0.4, 0.5) is 0 Å². The van der Waals surface area contributed by atoms with Gasteiger partial charge in [0.25, 0.3) is 0 Å². The topological polar surface area (TPSA) is 71.0 Å². The van der Waals surface area contributed by atoms with Crippen LogP contribution in [-0.2, 0) is 14.9 Å². The van der Waals surface area contributed by atoms with Gasteiger partial charge >= 0.3 is 0 Å². The average Bonchev–Trinajstić information content (AvgIpc) is 2.95. The van der Waals surface area contributed by atoms with Gasteiger partial charge in [-0.2, -0.15) is 0 Å². The first-order chi connectivity index (χ1) is 11.4. The predicted octanol–water partition coefficient (Wildman–Crippen LogP) is 1.85. The maximum atomic E-state index is 11.4. The lowest BCUT2D eigenvalue weighted by Crippen LogP contribution is -2.49. The monoisotopic (exact) mass is 371 g/mol. The van der Waals surface area contributed by atoms with Crippen LogP contribution in [0.1, 0.15) is 24.8 Å². The van der Waals surface area contributed by atoms with Crippen molar-refractivity contribution in [3.05, 3.63) is 34.9 Å². The number of sulfonamides is 1. The molecule has 1 saturated heterocycles. The maximum absolute atomic E-state index is 11.4. The third-order valence-electron chi connectivity index (χ3n) is 4.26. The number of nitrogens with zero attached hydrogens (tertiary/aromatic N) is 2. The van der Waals surface area contributed by atoms with Crippen molar-refractivity contribution < 1.29 is 13.3 Å². The van der Waals surface area contributed by atoms with Gasteiger partial charge in [0.1, 0.15) is 6.10 Å². The minimum atomic E-state index is -3.16. The molecule has 0 unspecified atom stereocenters. The summed E-state index contributed by atoms with van der Waals surface area (Å²) in [6.07, 6.45) is 3.82. The Morgan fingerprint density at radius 3 is 2.83 bits per heavy atom. The van der Waals surface area contributed by atoms with Gasteiger partial charge in [-0.3, -0.25) is 4.90 Å². The number of piperidine rings is 1. The van der Waals surface area contributed by atoms with E-state index in [-0.39, 0.29) is 12.1 Å². The Bertz CT molecular complexity index is 706. The van der Waals surface area contributed by atoms with Gasteiger partial charge in [0.05, 0.1) is 12.0 Å². The number of likely N-dealkylation sites (tertiary alicyclic amines) is 1. The van der Waals surface area contributed by atoms with Crippen molar-refractivity contribution in [1.82, 2.24) is 9.62 Å². The smallest absolute Gasteiger partial charge is 0.208 e. The van der Waals surface area contributed by atoms with E-state index in [2.05, 4.69) is 14.8 Å². The fourth-order valence-electron chi connectivity index (χ4n) is 3.25. The van der Waals surface area contributed by atoms with Gasteiger partial charge in [-0.1, -0.05) is 28.9 Å². The van der Waals surface area contributed by atoms with Crippen LogP contribution in [0.3, 0.4) is 0 Å². The second-order valence-corrected chi connectivity index (χ2v) is 8.68. The Morgan fingerprint density at radius 1 is 1.38 bits per heavy atom. The number of hydrogen-bond donors (Lipinski definition) is 1. The molecule has 0 radical (unpaired) electrons. The molecule has 0 bridgehead atoms. The van der Waals surface area contributed by atoms with Crippen LogP contribution < -0.4 is 4.72 Å².